The van der Waals surface area contributed by atoms with Crippen LogP contribution in [-0.2, 0) is 14.3 Å². The summed E-state index contributed by atoms with van der Waals surface area (Å²) < 4.78 is 10.8. The summed E-state index contributed by atoms with van der Waals surface area (Å²) in [6, 6.07) is 10.8. The Morgan fingerprint density at radius 2 is 1.84 bits per heavy atom. The first-order valence-electron chi connectivity index (χ1n) is 9.65. The van der Waals surface area contributed by atoms with Crippen LogP contribution < -0.4 is 9.64 Å². The van der Waals surface area contributed by atoms with Gasteiger partial charge in [0.1, 0.15) is 5.75 Å². The van der Waals surface area contributed by atoms with E-state index in [2.05, 4.69) is 0 Å². The van der Waals surface area contributed by atoms with Crippen LogP contribution in [0.5, 0.6) is 5.75 Å². The van der Waals surface area contributed by atoms with E-state index in [1.807, 2.05) is 31.1 Å². The van der Waals surface area contributed by atoms with Crippen molar-refractivity contribution in [3.8, 4) is 5.75 Å². The fraction of sp³-hybridized carbons (Fsp3) is 0.364. The first-order chi connectivity index (χ1) is 14.7. The molecule has 2 aromatic rings. The third-order valence-electron chi connectivity index (χ3n) is 4.86. The van der Waals surface area contributed by atoms with E-state index in [-0.39, 0.29) is 5.91 Å². The van der Waals surface area contributed by atoms with Gasteiger partial charge in [0.05, 0.1) is 33.0 Å². The van der Waals surface area contributed by atoms with Crippen molar-refractivity contribution < 1.29 is 19.1 Å². The minimum atomic E-state index is -1.03. The maximum Gasteiger partial charge on any atom is 0.303 e. The molecule has 31 heavy (non-hydrogen) atoms. The van der Waals surface area contributed by atoms with Crippen molar-refractivity contribution >= 4 is 52.5 Å². The van der Waals surface area contributed by atoms with Crippen LogP contribution in [0, 0.1) is 0 Å². The number of rotatable bonds is 6. The van der Waals surface area contributed by atoms with Crippen molar-refractivity contribution in [1.29, 1.82) is 0 Å². The van der Waals surface area contributed by atoms with Crippen LogP contribution in [0.3, 0.4) is 0 Å². The number of ether oxygens (including phenoxy) is 2. The molecule has 0 aromatic heterocycles. The smallest absolute Gasteiger partial charge is 0.303 e. The molecule has 0 aliphatic carbocycles. The maximum absolute atomic E-state index is 13.7. The second-order valence-corrected chi connectivity index (χ2v) is 9.28. The Balaban J connectivity index is 2.15. The Labute approximate surface area is 196 Å². The number of esters is 1. The molecule has 0 saturated heterocycles. The summed E-state index contributed by atoms with van der Waals surface area (Å²) in [5, 5.41) is 0.252. The number of amides is 1. The van der Waals surface area contributed by atoms with E-state index in [4.69, 9.17) is 32.7 Å². The molecule has 1 unspecified atom stereocenters. The number of benzene rings is 2. The van der Waals surface area contributed by atoms with Crippen molar-refractivity contribution in [2.75, 3.05) is 39.2 Å². The van der Waals surface area contributed by atoms with Crippen molar-refractivity contribution in [3.63, 3.8) is 0 Å². The average Bonchev–Trinajstić information content (AvgIpc) is 2.84. The second kappa shape index (κ2) is 10.1. The van der Waals surface area contributed by atoms with Crippen molar-refractivity contribution in [3.05, 3.63) is 52.0 Å². The summed E-state index contributed by atoms with van der Waals surface area (Å²) in [6.07, 6.45) is -1.03. The molecule has 0 spiro atoms. The number of hydrogen-bond acceptors (Lipinski definition) is 6. The van der Waals surface area contributed by atoms with Crippen LogP contribution >= 0.6 is 35.0 Å². The molecule has 1 aliphatic heterocycles. The highest BCUT2D eigenvalue weighted by Gasteiger charge is 2.41. The number of hydrogen-bond donors (Lipinski definition) is 0. The summed E-state index contributed by atoms with van der Waals surface area (Å²) in [7, 11) is 5.44. The normalized spacial score (nSPS) is 18.5. The van der Waals surface area contributed by atoms with E-state index in [1.165, 1.54) is 18.7 Å². The van der Waals surface area contributed by atoms with Gasteiger partial charge in [-0.25, -0.2) is 0 Å². The van der Waals surface area contributed by atoms with Crippen molar-refractivity contribution in [1.82, 2.24) is 4.90 Å². The van der Waals surface area contributed by atoms with Crippen LogP contribution in [0.2, 0.25) is 10.0 Å². The number of methoxy groups -OCH3 is 1. The first-order valence-corrected chi connectivity index (χ1v) is 11.3. The summed E-state index contributed by atoms with van der Waals surface area (Å²) in [5.74, 6) is -0.144. The van der Waals surface area contributed by atoms with Gasteiger partial charge in [-0.1, -0.05) is 35.3 Å². The van der Waals surface area contributed by atoms with Crippen molar-refractivity contribution in [2.45, 2.75) is 23.2 Å². The van der Waals surface area contributed by atoms with E-state index >= 15 is 0 Å². The summed E-state index contributed by atoms with van der Waals surface area (Å²) >= 11 is 14.3. The molecule has 0 N–H and O–H groups in total. The zero-order valence-corrected chi connectivity index (χ0v) is 20.1. The summed E-state index contributed by atoms with van der Waals surface area (Å²) in [4.78, 5) is 29.9. The third kappa shape index (κ3) is 5.29. The molecule has 2 atom stereocenters. The number of thioether (sulfide) groups is 1. The molecule has 1 amide bonds. The summed E-state index contributed by atoms with van der Waals surface area (Å²) in [5.41, 5.74) is 1.46. The Kier molecular flexibility index (Phi) is 7.75. The van der Waals surface area contributed by atoms with E-state index in [0.29, 0.717) is 39.5 Å². The van der Waals surface area contributed by atoms with Crippen LogP contribution in [0.1, 0.15) is 17.7 Å². The highest BCUT2D eigenvalue weighted by molar-refractivity contribution is 8.00. The van der Waals surface area contributed by atoms with Gasteiger partial charge in [0, 0.05) is 20.0 Å². The van der Waals surface area contributed by atoms with Gasteiger partial charge in [-0.15, -0.1) is 11.8 Å². The zero-order chi connectivity index (χ0) is 22.7. The first kappa shape index (κ1) is 23.7. The molecule has 0 saturated carbocycles. The molecule has 166 valence electrons. The number of anilines is 1. The highest BCUT2D eigenvalue weighted by atomic mass is 35.5. The molecular weight excluding hydrogens is 459 g/mol. The Morgan fingerprint density at radius 3 is 2.42 bits per heavy atom. The number of likely N-dealkylation sites (N-methyl/N-ethyl adjacent to an activating group) is 1. The topological polar surface area (TPSA) is 59.1 Å². The predicted molar refractivity (Wildman–Crippen MR) is 125 cm³/mol. The summed E-state index contributed by atoms with van der Waals surface area (Å²) in [6.45, 7) is 2.33. The van der Waals surface area contributed by atoms with Gasteiger partial charge in [0.2, 0.25) is 0 Å². The standard InChI is InChI=1S/C22H24Cl2N2O4S/c1-13(27)30-19-20(14-5-7-15(29-4)8-6-14)31-21-17(10-9-16(23)18(21)24)26(22(19)28)12-11-25(2)3/h5-10,19-20H,11-12H2,1-4H3/t19?,20-/m0/s1. The Hall–Kier alpha value is -1.93. The van der Waals surface area contributed by atoms with Crippen LogP contribution in [0.25, 0.3) is 0 Å². The van der Waals surface area contributed by atoms with Crippen LogP contribution in [0.4, 0.5) is 5.69 Å². The van der Waals surface area contributed by atoms with Gasteiger partial charge in [-0.2, -0.15) is 0 Å². The molecule has 3 rings (SSSR count). The quantitative estimate of drug-likeness (QED) is 0.557. The lowest BCUT2D eigenvalue weighted by molar-refractivity contribution is -0.152. The molecule has 0 radical (unpaired) electrons. The third-order valence-corrected chi connectivity index (χ3v) is 7.20. The minimum Gasteiger partial charge on any atom is -0.497 e. The van der Waals surface area contributed by atoms with E-state index in [1.54, 1.807) is 36.3 Å². The molecule has 6 nitrogen and oxygen atoms in total. The van der Waals surface area contributed by atoms with E-state index < -0.39 is 17.3 Å². The highest BCUT2D eigenvalue weighted by Crippen LogP contribution is 2.51. The minimum absolute atomic E-state index is 0.303. The van der Waals surface area contributed by atoms with Gasteiger partial charge >= 0.3 is 5.97 Å². The average molecular weight is 483 g/mol. The second-order valence-electron chi connectivity index (χ2n) is 7.34. The van der Waals surface area contributed by atoms with Crippen LogP contribution in [0.15, 0.2) is 41.3 Å². The van der Waals surface area contributed by atoms with E-state index in [0.717, 1.165) is 5.56 Å². The Morgan fingerprint density at radius 1 is 1.16 bits per heavy atom. The zero-order valence-electron chi connectivity index (χ0n) is 17.7. The monoisotopic (exact) mass is 482 g/mol. The van der Waals surface area contributed by atoms with Gasteiger partial charge < -0.3 is 19.3 Å². The molecule has 0 fully saturated rings. The molecule has 1 heterocycles. The predicted octanol–water partition coefficient (Wildman–Crippen LogP) is 4.68. The maximum atomic E-state index is 13.7. The lowest BCUT2D eigenvalue weighted by Gasteiger charge is -2.28. The van der Waals surface area contributed by atoms with Crippen LogP contribution in [-0.4, -0.2) is 57.2 Å². The molecular formula is C22H24Cl2N2O4S. The number of carbonyl (C=O) groups is 2. The molecule has 2 aromatic carbocycles. The fourth-order valence-corrected chi connectivity index (χ4v) is 5.16. The number of carbonyl (C=O) groups excluding carboxylic acids is 2. The number of nitrogens with zero attached hydrogens (tertiary/aromatic N) is 2. The van der Waals surface area contributed by atoms with Gasteiger partial charge in [0.25, 0.3) is 5.91 Å². The number of halogens is 2. The fourth-order valence-electron chi connectivity index (χ4n) is 3.30. The largest absolute Gasteiger partial charge is 0.497 e. The van der Waals surface area contributed by atoms with E-state index in [9.17, 15) is 9.59 Å². The molecule has 1 aliphatic rings. The molecule has 0 bridgehead atoms. The lowest BCUT2D eigenvalue weighted by Crippen LogP contribution is -2.45. The van der Waals surface area contributed by atoms with Gasteiger partial charge in [0.15, 0.2) is 6.10 Å². The van der Waals surface area contributed by atoms with Gasteiger partial charge in [-0.3, -0.25) is 9.59 Å². The molecule has 9 heteroatoms. The number of fused-ring (bicyclic) bond motifs is 1. The SMILES string of the molecule is COc1ccc([C@@H]2Sc3c(ccc(Cl)c3Cl)N(CCN(C)C)C(=O)C2OC(C)=O)cc1. The lowest BCUT2D eigenvalue weighted by atomic mass is 10.1. The Bertz CT molecular complexity index is 969. The van der Waals surface area contributed by atoms with Gasteiger partial charge in [-0.05, 0) is 43.9 Å². The van der Waals surface area contributed by atoms with Crippen molar-refractivity contribution in [2.24, 2.45) is 0 Å².